The lowest BCUT2D eigenvalue weighted by atomic mass is 9.87. The molecule has 4 aromatic rings. The van der Waals surface area contributed by atoms with Crippen LogP contribution in [0.15, 0.2) is 55.0 Å². The number of H-pyrrole nitrogens is 1. The maximum Gasteiger partial charge on any atom is 0.231 e. The Morgan fingerprint density at radius 3 is 2.74 bits per heavy atom. The predicted octanol–water partition coefficient (Wildman–Crippen LogP) is 4.64. The van der Waals surface area contributed by atoms with Crippen molar-refractivity contribution in [1.29, 1.82) is 0 Å². The van der Waals surface area contributed by atoms with Crippen LogP contribution in [0.2, 0.25) is 0 Å². The highest BCUT2D eigenvalue weighted by molar-refractivity contribution is 6.13. The molecule has 5 nitrogen and oxygen atoms in total. The molecule has 134 valence electrons. The zero-order valence-electron chi connectivity index (χ0n) is 15.3. The number of aryl methyl sites for hydroxylation is 1. The number of aromatic nitrogens is 3. The molecule has 1 atom stereocenters. The summed E-state index contributed by atoms with van der Waals surface area (Å²) in [5.41, 5.74) is 7.36. The molecule has 0 bridgehead atoms. The maximum absolute atomic E-state index is 12.4. The Kier molecular flexibility index (Phi) is 3.44. The third-order valence-electron chi connectivity index (χ3n) is 5.47. The van der Waals surface area contributed by atoms with E-state index in [-0.39, 0.29) is 11.8 Å². The van der Waals surface area contributed by atoms with Crippen LogP contribution < -0.4 is 5.32 Å². The molecule has 1 aliphatic heterocycles. The SMILES string of the molecule is CCc1ccc(-n2cc(-c3ccc4[nH]cc5c4c3C(C)C(=O)N5)cn2)cc1. The smallest absolute Gasteiger partial charge is 0.231 e. The lowest BCUT2D eigenvalue weighted by Gasteiger charge is -2.22. The minimum atomic E-state index is -0.209. The van der Waals surface area contributed by atoms with Gasteiger partial charge in [0.05, 0.1) is 23.5 Å². The van der Waals surface area contributed by atoms with Gasteiger partial charge in [-0.05, 0) is 48.2 Å². The predicted molar refractivity (Wildman–Crippen MR) is 107 cm³/mol. The van der Waals surface area contributed by atoms with Gasteiger partial charge >= 0.3 is 0 Å². The fourth-order valence-electron chi connectivity index (χ4n) is 3.91. The van der Waals surface area contributed by atoms with E-state index in [0.717, 1.165) is 45.4 Å². The average molecular weight is 356 g/mol. The van der Waals surface area contributed by atoms with E-state index >= 15 is 0 Å². The van der Waals surface area contributed by atoms with Crippen molar-refractivity contribution >= 4 is 22.5 Å². The third kappa shape index (κ3) is 2.39. The molecule has 0 radical (unpaired) electrons. The Morgan fingerprint density at radius 2 is 1.96 bits per heavy atom. The Balaban J connectivity index is 1.64. The van der Waals surface area contributed by atoms with E-state index in [2.05, 4.69) is 58.7 Å². The molecule has 2 N–H and O–H groups in total. The van der Waals surface area contributed by atoms with Gasteiger partial charge in [0, 0.05) is 28.9 Å². The van der Waals surface area contributed by atoms with E-state index < -0.39 is 0 Å². The van der Waals surface area contributed by atoms with E-state index in [9.17, 15) is 4.79 Å². The van der Waals surface area contributed by atoms with Gasteiger partial charge in [0.25, 0.3) is 0 Å². The largest absolute Gasteiger partial charge is 0.359 e. The van der Waals surface area contributed by atoms with Crippen LogP contribution in [0.5, 0.6) is 0 Å². The van der Waals surface area contributed by atoms with E-state index in [4.69, 9.17) is 0 Å². The molecular weight excluding hydrogens is 336 g/mol. The van der Waals surface area contributed by atoms with Gasteiger partial charge in [-0.1, -0.05) is 25.1 Å². The van der Waals surface area contributed by atoms with Crippen molar-refractivity contribution in [2.75, 3.05) is 5.32 Å². The first kappa shape index (κ1) is 15.9. The summed E-state index contributed by atoms with van der Waals surface area (Å²) in [6.45, 7) is 4.10. The maximum atomic E-state index is 12.4. The number of amides is 1. The lowest BCUT2D eigenvalue weighted by Crippen LogP contribution is -2.23. The van der Waals surface area contributed by atoms with Gasteiger partial charge in [0.2, 0.25) is 5.91 Å². The fourth-order valence-corrected chi connectivity index (χ4v) is 3.91. The molecule has 0 saturated heterocycles. The highest BCUT2D eigenvalue weighted by atomic mass is 16.1. The molecule has 5 rings (SSSR count). The molecule has 1 amide bonds. The van der Waals surface area contributed by atoms with Gasteiger partial charge in [0.15, 0.2) is 0 Å². The Hall–Kier alpha value is -3.34. The number of carbonyl (C=O) groups excluding carboxylic acids is 1. The first-order valence-electron chi connectivity index (χ1n) is 9.25. The van der Waals surface area contributed by atoms with Crippen LogP contribution in [-0.4, -0.2) is 20.7 Å². The Morgan fingerprint density at radius 1 is 1.15 bits per heavy atom. The monoisotopic (exact) mass is 356 g/mol. The minimum Gasteiger partial charge on any atom is -0.359 e. The summed E-state index contributed by atoms with van der Waals surface area (Å²) < 4.78 is 1.89. The molecule has 1 aliphatic rings. The number of anilines is 1. The van der Waals surface area contributed by atoms with Crippen LogP contribution in [0.4, 0.5) is 5.69 Å². The van der Waals surface area contributed by atoms with Crippen LogP contribution >= 0.6 is 0 Å². The van der Waals surface area contributed by atoms with Crippen molar-refractivity contribution in [3.05, 3.63) is 66.1 Å². The van der Waals surface area contributed by atoms with E-state index in [1.807, 2.05) is 30.2 Å². The van der Waals surface area contributed by atoms with Gasteiger partial charge in [-0.3, -0.25) is 4.79 Å². The normalized spacial score (nSPS) is 15.9. The van der Waals surface area contributed by atoms with Crippen molar-refractivity contribution in [2.24, 2.45) is 0 Å². The summed E-state index contributed by atoms with van der Waals surface area (Å²) in [5, 5.41) is 8.63. The molecule has 3 heterocycles. The first-order valence-corrected chi connectivity index (χ1v) is 9.25. The van der Waals surface area contributed by atoms with Crippen LogP contribution in [-0.2, 0) is 11.2 Å². The summed E-state index contributed by atoms with van der Waals surface area (Å²) in [6.07, 6.45) is 6.79. The van der Waals surface area contributed by atoms with Gasteiger partial charge in [0.1, 0.15) is 0 Å². The second kappa shape index (κ2) is 5.84. The summed E-state index contributed by atoms with van der Waals surface area (Å²) in [5.74, 6) is -0.183. The molecule has 2 aromatic heterocycles. The Labute approximate surface area is 157 Å². The molecule has 0 saturated carbocycles. The molecule has 5 heteroatoms. The van der Waals surface area contributed by atoms with Crippen molar-refractivity contribution in [2.45, 2.75) is 26.2 Å². The second-order valence-corrected chi connectivity index (χ2v) is 7.06. The fraction of sp³-hybridized carbons (Fsp3) is 0.182. The summed E-state index contributed by atoms with van der Waals surface area (Å²) >= 11 is 0. The van der Waals surface area contributed by atoms with Gasteiger partial charge in [-0.15, -0.1) is 0 Å². The highest BCUT2D eigenvalue weighted by Gasteiger charge is 2.29. The second-order valence-electron chi connectivity index (χ2n) is 7.06. The van der Waals surface area contributed by atoms with Crippen LogP contribution in [0.1, 0.15) is 30.9 Å². The van der Waals surface area contributed by atoms with Crippen LogP contribution in [0.25, 0.3) is 27.7 Å². The standard InChI is InChI=1S/C22H20N4O/c1-3-14-4-6-16(7-5-14)26-12-15(10-24-26)17-8-9-18-21-19(11-23-18)25-22(27)13(2)20(17)21/h4-13,23H,3H2,1-2H3,(H,25,27). The topological polar surface area (TPSA) is 62.7 Å². The Bertz CT molecular complexity index is 1170. The molecular formula is C22H20N4O. The van der Waals surface area contributed by atoms with E-state index in [1.54, 1.807) is 0 Å². The van der Waals surface area contributed by atoms with E-state index in [1.165, 1.54) is 5.56 Å². The third-order valence-corrected chi connectivity index (χ3v) is 5.47. The van der Waals surface area contributed by atoms with Crippen molar-refractivity contribution in [3.63, 3.8) is 0 Å². The van der Waals surface area contributed by atoms with Crippen molar-refractivity contribution in [1.82, 2.24) is 14.8 Å². The zero-order chi connectivity index (χ0) is 18.5. The van der Waals surface area contributed by atoms with Crippen molar-refractivity contribution in [3.8, 4) is 16.8 Å². The summed E-state index contributed by atoms with van der Waals surface area (Å²) in [6, 6.07) is 12.6. The zero-order valence-corrected chi connectivity index (χ0v) is 15.3. The molecule has 2 aromatic carbocycles. The number of hydrogen-bond donors (Lipinski definition) is 2. The number of nitrogens with one attached hydrogen (secondary N) is 2. The molecule has 0 fully saturated rings. The number of carbonyl (C=O) groups is 1. The van der Waals surface area contributed by atoms with Gasteiger partial charge in [-0.2, -0.15) is 5.10 Å². The van der Waals surface area contributed by atoms with Crippen LogP contribution in [0.3, 0.4) is 0 Å². The molecule has 0 aliphatic carbocycles. The lowest BCUT2D eigenvalue weighted by molar-refractivity contribution is -0.117. The van der Waals surface area contributed by atoms with E-state index in [0.29, 0.717) is 0 Å². The van der Waals surface area contributed by atoms with Crippen LogP contribution in [0, 0.1) is 0 Å². The van der Waals surface area contributed by atoms with Gasteiger partial charge in [-0.25, -0.2) is 4.68 Å². The number of rotatable bonds is 3. The molecule has 27 heavy (non-hydrogen) atoms. The van der Waals surface area contributed by atoms with Gasteiger partial charge < -0.3 is 10.3 Å². The molecule has 1 unspecified atom stereocenters. The quantitative estimate of drug-likeness (QED) is 0.562. The summed E-state index contributed by atoms with van der Waals surface area (Å²) in [7, 11) is 0. The highest BCUT2D eigenvalue weighted by Crippen LogP contribution is 2.42. The number of aromatic amines is 1. The minimum absolute atomic E-state index is 0.0263. The number of benzene rings is 2. The summed E-state index contributed by atoms with van der Waals surface area (Å²) in [4.78, 5) is 15.7. The first-order chi connectivity index (χ1) is 13.2. The molecule has 0 spiro atoms. The number of hydrogen-bond acceptors (Lipinski definition) is 2. The van der Waals surface area contributed by atoms with Crippen molar-refractivity contribution < 1.29 is 4.79 Å². The average Bonchev–Trinajstić information content (AvgIpc) is 3.34. The number of nitrogens with zero attached hydrogens (tertiary/aromatic N) is 2.